The molecule has 0 bridgehead atoms. The first-order valence-electron chi connectivity index (χ1n) is 17.4. The number of rotatable bonds is 11. The summed E-state index contributed by atoms with van der Waals surface area (Å²) in [5.74, 6) is -1.54. The second-order valence-electron chi connectivity index (χ2n) is 13.4. The van der Waals surface area contributed by atoms with Crippen LogP contribution in [0.3, 0.4) is 0 Å². The molecule has 300 valence electrons. The average Bonchev–Trinajstić information content (AvgIpc) is 3.74. The van der Waals surface area contributed by atoms with Crippen LogP contribution in [0.25, 0.3) is 33.7 Å². The lowest BCUT2D eigenvalue weighted by Gasteiger charge is -2.18. The highest BCUT2D eigenvalue weighted by molar-refractivity contribution is 7.47. The first kappa shape index (κ1) is 41.0. The fraction of sp³-hybridized carbons (Fsp3) is 0.154. The van der Waals surface area contributed by atoms with Gasteiger partial charge in [-0.05, 0) is 45.7 Å². The number of fused-ring (bicyclic) bond motifs is 6. The Hall–Kier alpha value is -5.21. The van der Waals surface area contributed by atoms with E-state index < -0.39 is 33.6 Å². The molecule has 7 rings (SSSR count). The molecule has 19 heteroatoms. The SMILES string of the molecule is NC(=O)Oc1cc(/C=C/C(=O)N2C[C@@H](CCl)c3c2cc(OP(=O)(O)O)c2ccccc32)ccc1/C=C/C(=O)N1C[C@@H](CCl)c2c1cc(OP(=O)(O)O)c1ccccc21. The van der Waals surface area contributed by atoms with Crippen LogP contribution in [0.15, 0.2) is 91.0 Å². The third-order valence-corrected chi connectivity index (χ3v) is 11.3. The zero-order valence-electron chi connectivity index (χ0n) is 30.0. The average molecular weight is 869 g/mol. The maximum Gasteiger partial charge on any atom is 0.524 e. The highest BCUT2D eigenvalue weighted by Crippen LogP contribution is 2.50. The topological polar surface area (TPSA) is 226 Å². The van der Waals surface area contributed by atoms with Gasteiger partial charge in [-0.25, -0.2) is 13.9 Å². The maximum atomic E-state index is 13.7. The Morgan fingerprint density at radius 1 is 0.672 bits per heavy atom. The van der Waals surface area contributed by atoms with E-state index in [1.54, 1.807) is 54.6 Å². The number of carbonyl (C=O) groups is 3. The first-order valence-corrected chi connectivity index (χ1v) is 21.5. The Kier molecular flexibility index (Phi) is 11.4. The number of carbonyl (C=O) groups excluding carboxylic acids is 3. The summed E-state index contributed by atoms with van der Waals surface area (Å²) in [6.07, 6.45) is 4.23. The third-order valence-electron chi connectivity index (χ3n) is 9.67. The molecular formula is C39H33Cl2N3O12P2. The van der Waals surface area contributed by atoms with E-state index in [1.165, 1.54) is 58.4 Å². The van der Waals surface area contributed by atoms with Crippen LogP contribution in [0, 0.1) is 0 Å². The molecule has 0 unspecified atom stereocenters. The Morgan fingerprint density at radius 2 is 1.12 bits per heavy atom. The molecule has 2 heterocycles. The van der Waals surface area contributed by atoms with Gasteiger partial charge in [0.05, 0.1) is 11.4 Å². The van der Waals surface area contributed by atoms with Crippen LogP contribution >= 0.6 is 38.8 Å². The van der Waals surface area contributed by atoms with Gasteiger partial charge in [-0.15, -0.1) is 23.2 Å². The Labute approximate surface area is 340 Å². The van der Waals surface area contributed by atoms with E-state index in [4.69, 9.17) is 42.7 Å². The molecule has 15 nitrogen and oxygen atoms in total. The lowest BCUT2D eigenvalue weighted by molar-refractivity contribution is -0.114. The predicted molar refractivity (Wildman–Crippen MR) is 220 cm³/mol. The summed E-state index contributed by atoms with van der Waals surface area (Å²) in [4.78, 5) is 80.5. The van der Waals surface area contributed by atoms with Crippen LogP contribution in [0.2, 0.25) is 0 Å². The number of nitrogens with two attached hydrogens (primary N) is 1. The molecule has 2 aliphatic heterocycles. The van der Waals surface area contributed by atoms with E-state index in [0.717, 1.165) is 5.56 Å². The first-order chi connectivity index (χ1) is 27.5. The second kappa shape index (κ2) is 16.2. The van der Waals surface area contributed by atoms with E-state index in [-0.39, 0.29) is 59.5 Å². The van der Waals surface area contributed by atoms with Gasteiger partial charge in [-0.1, -0.05) is 60.7 Å². The van der Waals surface area contributed by atoms with E-state index in [2.05, 4.69) is 0 Å². The molecule has 58 heavy (non-hydrogen) atoms. The summed E-state index contributed by atoms with van der Waals surface area (Å²) in [5.41, 5.74) is 8.23. The predicted octanol–water partition coefficient (Wildman–Crippen LogP) is 7.16. The fourth-order valence-electron chi connectivity index (χ4n) is 7.40. The molecule has 5 aromatic rings. The minimum Gasteiger partial charge on any atom is -0.410 e. The van der Waals surface area contributed by atoms with Crippen molar-refractivity contribution >= 4 is 102 Å². The molecule has 0 saturated carbocycles. The molecule has 5 aromatic carbocycles. The monoisotopic (exact) mass is 867 g/mol. The zero-order valence-corrected chi connectivity index (χ0v) is 33.3. The maximum absolute atomic E-state index is 13.7. The molecule has 0 aromatic heterocycles. The molecule has 2 aliphatic rings. The summed E-state index contributed by atoms with van der Waals surface area (Å²) in [6.45, 7) is 0.343. The minimum atomic E-state index is -4.96. The smallest absolute Gasteiger partial charge is 0.410 e. The normalized spacial score (nSPS) is 16.7. The van der Waals surface area contributed by atoms with Gasteiger partial charge >= 0.3 is 21.7 Å². The van der Waals surface area contributed by atoms with Gasteiger partial charge in [-0.3, -0.25) is 29.2 Å². The molecule has 0 radical (unpaired) electrons. The van der Waals surface area contributed by atoms with Crippen molar-refractivity contribution in [1.82, 2.24) is 0 Å². The van der Waals surface area contributed by atoms with Crippen LogP contribution < -0.4 is 29.3 Å². The van der Waals surface area contributed by atoms with Crippen molar-refractivity contribution in [2.45, 2.75) is 11.8 Å². The number of amides is 3. The lowest BCUT2D eigenvalue weighted by Crippen LogP contribution is -2.28. The molecule has 0 aliphatic carbocycles. The van der Waals surface area contributed by atoms with Crippen molar-refractivity contribution in [3.05, 3.63) is 113 Å². The van der Waals surface area contributed by atoms with Crippen molar-refractivity contribution in [2.24, 2.45) is 5.73 Å². The van der Waals surface area contributed by atoms with Crippen molar-refractivity contribution in [2.75, 3.05) is 34.6 Å². The Bertz CT molecular complexity index is 2660. The van der Waals surface area contributed by atoms with E-state index in [0.29, 0.717) is 44.0 Å². The molecule has 3 amide bonds. The van der Waals surface area contributed by atoms with Gasteiger partial charge < -0.3 is 29.3 Å². The van der Waals surface area contributed by atoms with Gasteiger partial charge in [0.2, 0.25) is 0 Å². The van der Waals surface area contributed by atoms with Crippen LogP contribution in [-0.4, -0.2) is 62.3 Å². The van der Waals surface area contributed by atoms with Gasteiger partial charge in [0.15, 0.2) is 0 Å². The van der Waals surface area contributed by atoms with Crippen molar-refractivity contribution in [1.29, 1.82) is 0 Å². The summed E-state index contributed by atoms with van der Waals surface area (Å²) < 4.78 is 38.9. The number of hydrogen-bond acceptors (Lipinski definition) is 8. The van der Waals surface area contributed by atoms with E-state index in [9.17, 15) is 43.1 Å². The number of halogens is 2. The van der Waals surface area contributed by atoms with Crippen LogP contribution in [0.5, 0.6) is 17.2 Å². The standard InChI is InChI=1S/C39H33Cl2N3O12P2/c40-18-24-20-43(30-16-33(55-57(48,49)50)26-5-1-3-7-28(26)37(24)30)35(45)13-10-22-9-11-23(32(15-22)54-39(42)47)12-14-36(46)44-21-25(19-41)38-29-8-4-2-6-27(29)34(17-31(38)44)56-58(51,52)53/h1-17,24-25H,18-21H2,(H2,42,47)(H2,48,49,50)(H2,51,52,53)/b13-10+,14-12+/t24-,25-/m1/s1. The number of phosphoric ester groups is 2. The number of primary amides is 1. The van der Waals surface area contributed by atoms with E-state index >= 15 is 0 Å². The lowest BCUT2D eigenvalue weighted by atomic mass is 9.95. The van der Waals surface area contributed by atoms with Gasteiger partial charge in [0, 0.05) is 77.3 Å². The van der Waals surface area contributed by atoms with E-state index in [1.807, 2.05) is 0 Å². The fourth-order valence-corrected chi connectivity index (χ4v) is 8.72. The second-order valence-corrected chi connectivity index (χ2v) is 16.3. The van der Waals surface area contributed by atoms with Gasteiger partial charge in [0.25, 0.3) is 11.8 Å². The van der Waals surface area contributed by atoms with Gasteiger partial charge in [-0.2, -0.15) is 0 Å². The quantitative estimate of drug-likeness (QED) is 0.0507. The minimum absolute atomic E-state index is 0.0330. The van der Waals surface area contributed by atoms with Crippen LogP contribution in [0.4, 0.5) is 16.2 Å². The molecule has 0 spiro atoms. The number of alkyl halides is 2. The largest absolute Gasteiger partial charge is 0.524 e. The van der Waals surface area contributed by atoms with Gasteiger partial charge in [0.1, 0.15) is 17.2 Å². The number of ether oxygens (including phenoxy) is 1. The summed E-state index contributed by atoms with van der Waals surface area (Å²) in [7, 11) is -9.91. The van der Waals surface area contributed by atoms with Crippen LogP contribution in [0.1, 0.15) is 34.1 Å². The van der Waals surface area contributed by atoms with Crippen molar-refractivity contribution in [3.63, 3.8) is 0 Å². The van der Waals surface area contributed by atoms with Crippen molar-refractivity contribution in [3.8, 4) is 17.2 Å². The summed E-state index contributed by atoms with van der Waals surface area (Å²) in [5, 5.41) is 2.13. The summed E-state index contributed by atoms with van der Waals surface area (Å²) in [6, 6.07) is 21.1. The Balaban J connectivity index is 1.16. The number of nitrogens with zero attached hydrogens (tertiary/aromatic N) is 2. The number of hydrogen-bond donors (Lipinski definition) is 5. The number of benzene rings is 5. The molecule has 2 atom stereocenters. The zero-order chi connectivity index (χ0) is 41.5. The molecule has 0 fully saturated rings. The Morgan fingerprint density at radius 3 is 1.55 bits per heavy atom. The molecule has 0 saturated heterocycles. The highest BCUT2D eigenvalue weighted by atomic mass is 35.5. The summed E-state index contributed by atoms with van der Waals surface area (Å²) >= 11 is 12.7. The number of anilines is 2. The van der Waals surface area contributed by atoms with Crippen molar-refractivity contribution < 1.29 is 56.9 Å². The number of phosphoric acid groups is 2. The third kappa shape index (κ3) is 8.49. The highest BCUT2D eigenvalue weighted by Gasteiger charge is 2.36. The van der Waals surface area contributed by atoms with Crippen LogP contribution in [-0.2, 0) is 18.7 Å². The molecular weight excluding hydrogens is 835 g/mol. The molecule has 6 N–H and O–H groups in total.